The van der Waals surface area contributed by atoms with E-state index in [1.54, 1.807) is 29.4 Å². The normalized spacial score (nSPS) is 21.0. The summed E-state index contributed by atoms with van der Waals surface area (Å²) in [5.41, 5.74) is 0.945. The van der Waals surface area contributed by atoms with E-state index in [2.05, 4.69) is 10.2 Å². The van der Waals surface area contributed by atoms with E-state index < -0.39 is 0 Å². The second kappa shape index (κ2) is 9.40. The van der Waals surface area contributed by atoms with Crippen molar-refractivity contribution in [3.8, 4) is 0 Å². The van der Waals surface area contributed by atoms with Crippen LogP contribution in [0.2, 0.25) is 0 Å². The summed E-state index contributed by atoms with van der Waals surface area (Å²) in [7, 11) is 0. The number of hydrogen-bond donors (Lipinski definition) is 1. The Balaban J connectivity index is 1.37. The number of carbonyl (C=O) groups excluding carboxylic acids is 2. The minimum atomic E-state index is -0.383. The quantitative estimate of drug-likeness (QED) is 0.748. The van der Waals surface area contributed by atoms with E-state index in [4.69, 9.17) is 9.15 Å². The predicted molar refractivity (Wildman–Crippen MR) is 107 cm³/mol. The van der Waals surface area contributed by atoms with Crippen LogP contribution in [0.15, 0.2) is 47.1 Å². The number of nitrogens with zero attached hydrogens (tertiary/aromatic N) is 2. The molecule has 1 aromatic carbocycles. The van der Waals surface area contributed by atoms with Crippen LogP contribution in [0.3, 0.4) is 0 Å². The SMILES string of the molecule is O=C(NCC(c1ccc(F)cc1)N1CCOCC1)C1CC(=O)N(Cc2ccco2)C1. The van der Waals surface area contributed by atoms with Crippen LogP contribution in [0, 0.1) is 11.7 Å². The lowest BCUT2D eigenvalue weighted by Gasteiger charge is -2.35. The Bertz CT molecular complexity index is 850. The monoisotopic (exact) mass is 415 g/mol. The van der Waals surface area contributed by atoms with Crippen LogP contribution >= 0.6 is 0 Å². The van der Waals surface area contributed by atoms with Gasteiger partial charge in [-0.3, -0.25) is 14.5 Å². The number of ether oxygens (including phenoxy) is 1. The lowest BCUT2D eigenvalue weighted by molar-refractivity contribution is -0.129. The maximum atomic E-state index is 13.4. The van der Waals surface area contributed by atoms with Crippen LogP contribution in [-0.2, 0) is 20.9 Å². The third-order valence-corrected chi connectivity index (χ3v) is 5.72. The van der Waals surface area contributed by atoms with Crippen LogP contribution in [0.4, 0.5) is 4.39 Å². The fourth-order valence-corrected chi connectivity index (χ4v) is 4.06. The zero-order valence-corrected chi connectivity index (χ0v) is 16.8. The first kappa shape index (κ1) is 20.6. The molecule has 0 bridgehead atoms. The standard InChI is InChI=1S/C22H26FN3O4/c23-18-5-3-16(4-6-18)20(25-7-10-29-11-8-25)13-24-22(28)17-12-21(27)26(14-17)15-19-2-1-9-30-19/h1-6,9,17,20H,7-8,10-15H2,(H,24,28). The van der Waals surface area contributed by atoms with Crippen molar-refractivity contribution in [2.45, 2.75) is 19.0 Å². The van der Waals surface area contributed by atoms with Gasteiger partial charge in [-0.25, -0.2) is 4.39 Å². The minimum Gasteiger partial charge on any atom is -0.467 e. The molecule has 7 nitrogen and oxygen atoms in total. The van der Waals surface area contributed by atoms with E-state index in [0.29, 0.717) is 38.6 Å². The maximum absolute atomic E-state index is 13.4. The lowest BCUT2D eigenvalue weighted by atomic mass is 10.0. The Hall–Kier alpha value is -2.71. The van der Waals surface area contributed by atoms with Crippen molar-refractivity contribution in [3.05, 3.63) is 59.8 Å². The molecular formula is C22H26FN3O4. The molecule has 3 heterocycles. The molecule has 1 N–H and O–H groups in total. The van der Waals surface area contributed by atoms with Crippen molar-refractivity contribution in [1.29, 1.82) is 0 Å². The molecule has 8 heteroatoms. The van der Waals surface area contributed by atoms with E-state index in [1.165, 1.54) is 12.1 Å². The van der Waals surface area contributed by atoms with E-state index in [9.17, 15) is 14.0 Å². The number of likely N-dealkylation sites (tertiary alicyclic amines) is 1. The molecule has 2 fully saturated rings. The molecule has 160 valence electrons. The van der Waals surface area contributed by atoms with Crippen LogP contribution in [0.25, 0.3) is 0 Å². The number of rotatable bonds is 7. The van der Waals surface area contributed by atoms with Crippen molar-refractivity contribution in [2.75, 3.05) is 39.4 Å². The molecule has 2 atom stereocenters. The second-order valence-electron chi connectivity index (χ2n) is 7.72. The third-order valence-electron chi connectivity index (χ3n) is 5.72. The first-order valence-corrected chi connectivity index (χ1v) is 10.3. The molecule has 2 aliphatic heterocycles. The third kappa shape index (κ3) is 4.88. The summed E-state index contributed by atoms with van der Waals surface area (Å²) < 4.78 is 24.1. The number of morpholine rings is 1. The summed E-state index contributed by atoms with van der Waals surface area (Å²) in [5, 5.41) is 3.02. The van der Waals surface area contributed by atoms with Gasteiger partial charge in [-0.15, -0.1) is 0 Å². The molecular weight excluding hydrogens is 389 g/mol. The molecule has 2 unspecified atom stereocenters. The molecule has 4 rings (SSSR count). The Labute approximate surface area is 174 Å². The van der Waals surface area contributed by atoms with E-state index >= 15 is 0 Å². The summed E-state index contributed by atoms with van der Waals surface area (Å²) in [6.07, 6.45) is 1.77. The maximum Gasteiger partial charge on any atom is 0.225 e. The van der Waals surface area contributed by atoms with E-state index in [1.807, 2.05) is 6.07 Å². The number of furan rings is 1. The van der Waals surface area contributed by atoms with Crippen LogP contribution in [0.5, 0.6) is 0 Å². The van der Waals surface area contributed by atoms with E-state index in [0.717, 1.165) is 18.7 Å². The van der Waals surface area contributed by atoms with Gasteiger partial charge in [0, 0.05) is 32.6 Å². The highest BCUT2D eigenvalue weighted by molar-refractivity contribution is 5.89. The minimum absolute atomic E-state index is 0.0465. The highest BCUT2D eigenvalue weighted by atomic mass is 19.1. The van der Waals surface area contributed by atoms with Gasteiger partial charge in [-0.2, -0.15) is 0 Å². The van der Waals surface area contributed by atoms with Crippen molar-refractivity contribution in [2.24, 2.45) is 5.92 Å². The molecule has 2 amide bonds. The highest BCUT2D eigenvalue weighted by Gasteiger charge is 2.35. The molecule has 2 aliphatic rings. The molecule has 2 saturated heterocycles. The largest absolute Gasteiger partial charge is 0.467 e. The molecule has 1 aromatic heterocycles. The van der Waals surface area contributed by atoms with Crippen LogP contribution < -0.4 is 5.32 Å². The van der Waals surface area contributed by atoms with Gasteiger partial charge in [0.2, 0.25) is 11.8 Å². The van der Waals surface area contributed by atoms with Gasteiger partial charge < -0.3 is 19.4 Å². The summed E-state index contributed by atoms with van der Waals surface area (Å²) in [5.74, 6) is -0.149. The number of amides is 2. The summed E-state index contributed by atoms with van der Waals surface area (Å²) in [6.45, 7) is 3.90. The number of nitrogens with one attached hydrogen (secondary N) is 1. The fourth-order valence-electron chi connectivity index (χ4n) is 4.06. The number of benzene rings is 1. The Kier molecular flexibility index (Phi) is 6.44. The van der Waals surface area contributed by atoms with Crippen molar-refractivity contribution in [3.63, 3.8) is 0 Å². The highest BCUT2D eigenvalue weighted by Crippen LogP contribution is 2.24. The molecule has 0 radical (unpaired) electrons. The Morgan fingerprint density at radius 2 is 1.97 bits per heavy atom. The Morgan fingerprint density at radius 1 is 1.20 bits per heavy atom. The predicted octanol–water partition coefficient (Wildman–Crippen LogP) is 1.96. The number of halogens is 1. The first-order valence-electron chi connectivity index (χ1n) is 10.3. The lowest BCUT2D eigenvalue weighted by Crippen LogP contribution is -2.45. The van der Waals surface area contributed by atoms with Crippen molar-refractivity contribution >= 4 is 11.8 Å². The number of carbonyl (C=O) groups is 2. The van der Waals surface area contributed by atoms with Gasteiger partial charge in [-0.05, 0) is 29.8 Å². The van der Waals surface area contributed by atoms with Gasteiger partial charge in [0.1, 0.15) is 11.6 Å². The van der Waals surface area contributed by atoms with Crippen molar-refractivity contribution < 1.29 is 23.1 Å². The van der Waals surface area contributed by atoms with Crippen molar-refractivity contribution in [1.82, 2.24) is 15.1 Å². The smallest absolute Gasteiger partial charge is 0.225 e. The summed E-state index contributed by atoms with van der Waals surface area (Å²) in [4.78, 5) is 29.0. The molecule has 30 heavy (non-hydrogen) atoms. The van der Waals surface area contributed by atoms with E-state index in [-0.39, 0.29) is 36.0 Å². The van der Waals surface area contributed by atoms with Crippen LogP contribution in [-0.4, -0.2) is 61.0 Å². The van der Waals surface area contributed by atoms with Gasteiger partial charge in [0.25, 0.3) is 0 Å². The average molecular weight is 415 g/mol. The second-order valence-corrected chi connectivity index (χ2v) is 7.72. The summed E-state index contributed by atoms with van der Waals surface area (Å²) in [6, 6.07) is 9.91. The molecule has 0 aliphatic carbocycles. The van der Waals surface area contributed by atoms with Gasteiger partial charge in [0.05, 0.1) is 38.0 Å². The van der Waals surface area contributed by atoms with Gasteiger partial charge in [-0.1, -0.05) is 12.1 Å². The zero-order valence-electron chi connectivity index (χ0n) is 16.8. The number of hydrogen-bond acceptors (Lipinski definition) is 5. The average Bonchev–Trinajstić information content (AvgIpc) is 3.40. The van der Waals surface area contributed by atoms with Gasteiger partial charge in [0.15, 0.2) is 0 Å². The molecule has 0 saturated carbocycles. The van der Waals surface area contributed by atoms with Gasteiger partial charge >= 0.3 is 0 Å². The topological polar surface area (TPSA) is 75.0 Å². The Morgan fingerprint density at radius 3 is 2.67 bits per heavy atom. The molecule has 0 spiro atoms. The first-order chi connectivity index (χ1) is 14.6. The molecule has 2 aromatic rings. The fraction of sp³-hybridized carbons (Fsp3) is 0.455. The zero-order chi connectivity index (χ0) is 20.9. The summed E-state index contributed by atoms with van der Waals surface area (Å²) >= 11 is 0. The van der Waals surface area contributed by atoms with Crippen LogP contribution in [0.1, 0.15) is 23.8 Å².